The van der Waals surface area contributed by atoms with E-state index in [9.17, 15) is 8.78 Å². The average molecular weight is 295 g/mol. The van der Waals surface area contributed by atoms with E-state index in [1.165, 1.54) is 31.0 Å². The minimum Gasteiger partial charge on any atom is -0.496 e. The molecule has 0 spiro atoms. The van der Waals surface area contributed by atoms with Crippen LogP contribution in [0, 0.1) is 25.5 Å². The number of halogens is 2. The normalized spacial score (nSPS) is 10.4. The second-order valence-corrected chi connectivity index (χ2v) is 5.24. The van der Waals surface area contributed by atoms with Gasteiger partial charge in [0.2, 0.25) is 0 Å². The third-order valence-electron chi connectivity index (χ3n) is 2.91. The van der Waals surface area contributed by atoms with Gasteiger partial charge in [0.1, 0.15) is 11.6 Å². The number of anilines is 1. The lowest BCUT2D eigenvalue weighted by Crippen LogP contribution is -1.97. The molecule has 0 amide bonds. The van der Waals surface area contributed by atoms with Crippen molar-refractivity contribution in [2.45, 2.75) is 18.7 Å². The smallest absolute Gasteiger partial charge is 0.152 e. The molecule has 0 radical (unpaired) electrons. The van der Waals surface area contributed by atoms with E-state index in [1.54, 1.807) is 7.11 Å². The van der Waals surface area contributed by atoms with Gasteiger partial charge in [-0.05, 0) is 55.6 Å². The largest absolute Gasteiger partial charge is 0.496 e. The molecule has 0 aliphatic carbocycles. The number of ether oxygens (including phenoxy) is 1. The molecular weight excluding hydrogens is 280 g/mol. The van der Waals surface area contributed by atoms with Crippen LogP contribution in [-0.4, -0.2) is 7.11 Å². The first-order valence-electron chi connectivity index (χ1n) is 6.05. The molecular formula is C15H15F2NOS. The number of hydrogen-bond acceptors (Lipinski definition) is 3. The second kappa shape index (κ2) is 6.13. The predicted molar refractivity (Wildman–Crippen MR) is 78.3 cm³/mol. The SMILES string of the molecule is COc1ccc(C)cc1SNc1ccc(F)c(C)c1F. The fourth-order valence-electron chi connectivity index (χ4n) is 1.71. The molecule has 0 saturated carbocycles. The second-order valence-electron chi connectivity index (χ2n) is 4.39. The first-order valence-corrected chi connectivity index (χ1v) is 6.86. The lowest BCUT2D eigenvalue weighted by Gasteiger charge is -2.12. The Hall–Kier alpha value is -1.75. The number of hydrogen-bond donors (Lipinski definition) is 1. The molecule has 0 saturated heterocycles. The Balaban J connectivity index is 2.21. The number of methoxy groups -OCH3 is 1. The van der Waals surface area contributed by atoms with Crippen LogP contribution in [0.15, 0.2) is 35.2 Å². The number of nitrogens with one attached hydrogen (secondary N) is 1. The first-order chi connectivity index (χ1) is 9.52. The van der Waals surface area contributed by atoms with E-state index < -0.39 is 11.6 Å². The molecule has 0 unspecified atom stereocenters. The summed E-state index contributed by atoms with van der Waals surface area (Å²) in [6, 6.07) is 8.35. The Morgan fingerprint density at radius 1 is 1.10 bits per heavy atom. The molecule has 0 atom stereocenters. The summed E-state index contributed by atoms with van der Waals surface area (Å²) in [5, 5.41) is 0. The third-order valence-corrected chi connectivity index (χ3v) is 3.77. The summed E-state index contributed by atoms with van der Waals surface area (Å²) in [5.41, 5.74) is 1.33. The molecule has 0 bridgehead atoms. The monoisotopic (exact) mass is 295 g/mol. The maximum absolute atomic E-state index is 13.9. The summed E-state index contributed by atoms with van der Waals surface area (Å²) in [7, 11) is 1.58. The molecule has 2 aromatic rings. The zero-order valence-corrected chi connectivity index (χ0v) is 12.3. The van der Waals surface area contributed by atoms with Crippen molar-refractivity contribution in [1.29, 1.82) is 0 Å². The zero-order chi connectivity index (χ0) is 14.7. The van der Waals surface area contributed by atoms with Crippen molar-refractivity contribution in [3.8, 4) is 5.75 Å². The summed E-state index contributed by atoms with van der Waals surface area (Å²) >= 11 is 1.23. The summed E-state index contributed by atoms with van der Waals surface area (Å²) < 4.78 is 35.2. The highest BCUT2D eigenvalue weighted by molar-refractivity contribution is 8.00. The molecule has 0 aromatic heterocycles. The van der Waals surface area contributed by atoms with E-state index in [0.29, 0.717) is 5.75 Å². The van der Waals surface area contributed by atoms with Crippen molar-refractivity contribution < 1.29 is 13.5 Å². The van der Waals surface area contributed by atoms with Crippen LogP contribution >= 0.6 is 11.9 Å². The number of benzene rings is 2. The van der Waals surface area contributed by atoms with E-state index in [-0.39, 0.29) is 11.3 Å². The van der Waals surface area contributed by atoms with Crippen LogP contribution in [0.2, 0.25) is 0 Å². The summed E-state index contributed by atoms with van der Waals surface area (Å²) in [5.74, 6) is -0.428. The fraction of sp³-hybridized carbons (Fsp3) is 0.200. The topological polar surface area (TPSA) is 21.3 Å². The van der Waals surface area contributed by atoms with E-state index in [2.05, 4.69) is 4.72 Å². The molecule has 106 valence electrons. The van der Waals surface area contributed by atoms with Crippen molar-refractivity contribution in [2.24, 2.45) is 0 Å². The van der Waals surface area contributed by atoms with Gasteiger partial charge in [-0.25, -0.2) is 8.78 Å². The highest BCUT2D eigenvalue weighted by Gasteiger charge is 2.11. The van der Waals surface area contributed by atoms with Gasteiger partial charge in [0, 0.05) is 5.56 Å². The van der Waals surface area contributed by atoms with E-state index in [4.69, 9.17) is 4.74 Å². The minimum absolute atomic E-state index is 0.00630. The molecule has 2 rings (SSSR count). The minimum atomic E-state index is -0.580. The van der Waals surface area contributed by atoms with Gasteiger partial charge < -0.3 is 9.46 Å². The molecule has 20 heavy (non-hydrogen) atoms. The Kier molecular flexibility index (Phi) is 4.49. The van der Waals surface area contributed by atoms with Crippen LogP contribution in [0.5, 0.6) is 5.75 Å². The molecule has 5 heteroatoms. The Morgan fingerprint density at radius 2 is 1.85 bits per heavy atom. The van der Waals surface area contributed by atoms with Gasteiger partial charge in [0.15, 0.2) is 5.82 Å². The van der Waals surface area contributed by atoms with Crippen LogP contribution in [0.4, 0.5) is 14.5 Å². The number of rotatable bonds is 4. The van der Waals surface area contributed by atoms with E-state index >= 15 is 0 Å². The number of aryl methyl sites for hydroxylation is 1. The van der Waals surface area contributed by atoms with Crippen molar-refractivity contribution in [3.05, 3.63) is 53.1 Å². The van der Waals surface area contributed by atoms with Crippen LogP contribution < -0.4 is 9.46 Å². The molecule has 2 nitrogen and oxygen atoms in total. The lowest BCUT2D eigenvalue weighted by atomic mass is 10.2. The van der Waals surface area contributed by atoms with Crippen molar-refractivity contribution >= 4 is 17.6 Å². The Labute approximate surface area is 121 Å². The van der Waals surface area contributed by atoms with Crippen molar-refractivity contribution in [2.75, 3.05) is 11.8 Å². The van der Waals surface area contributed by atoms with Gasteiger partial charge in [0.25, 0.3) is 0 Å². The van der Waals surface area contributed by atoms with Crippen LogP contribution in [0.25, 0.3) is 0 Å². The van der Waals surface area contributed by atoms with Gasteiger partial charge in [-0.3, -0.25) is 0 Å². The quantitative estimate of drug-likeness (QED) is 0.825. The summed E-state index contributed by atoms with van der Waals surface area (Å²) in [6.07, 6.45) is 0. The van der Waals surface area contributed by atoms with E-state index in [0.717, 1.165) is 10.5 Å². The Morgan fingerprint density at radius 3 is 2.55 bits per heavy atom. The summed E-state index contributed by atoms with van der Waals surface area (Å²) in [4.78, 5) is 0.842. The molecule has 1 N–H and O–H groups in total. The van der Waals surface area contributed by atoms with Crippen LogP contribution in [-0.2, 0) is 0 Å². The maximum atomic E-state index is 13.9. The highest BCUT2D eigenvalue weighted by atomic mass is 32.2. The molecule has 0 heterocycles. The zero-order valence-electron chi connectivity index (χ0n) is 11.5. The van der Waals surface area contributed by atoms with Gasteiger partial charge in [-0.2, -0.15) is 0 Å². The average Bonchev–Trinajstić information content (AvgIpc) is 2.44. The molecule has 0 fully saturated rings. The molecule has 2 aromatic carbocycles. The van der Waals surface area contributed by atoms with Gasteiger partial charge in [0.05, 0.1) is 17.7 Å². The molecule has 0 aliphatic heterocycles. The third kappa shape index (κ3) is 3.04. The summed E-state index contributed by atoms with van der Waals surface area (Å²) in [6.45, 7) is 3.37. The van der Waals surface area contributed by atoms with Gasteiger partial charge in [-0.15, -0.1) is 0 Å². The Bertz CT molecular complexity index is 632. The predicted octanol–water partition coefficient (Wildman–Crippen LogP) is 4.71. The van der Waals surface area contributed by atoms with Crippen molar-refractivity contribution in [3.63, 3.8) is 0 Å². The maximum Gasteiger partial charge on any atom is 0.152 e. The van der Waals surface area contributed by atoms with E-state index in [1.807, 2.05) is 25.1 Å². The lowest BCUT2D eigenvalue weighted by molar-refractivity contribution is 0.404. The van der Waals surface area contributed by atoms with Crippen LogP contribution in [0.1, 0.15) is 11.1 Å². The fourth-order valence-corrected chi connectivity index (χ4v) is 2.59. The van der Waals surface area contributed by atoms with Gasteiger partial charge in [-0.1, -0.05) is 6.07 Å². The van der Waals surface area contributed by atoms with Crippen molar-refractivity contribution in [1.82, 2.24) is 0 Å². The highest BCUT2D eigenvalue weighted by Crippen LogP contribution is 2.32. The van der Waals surface area contributed by atoms with Crippen LogP contribution in [0.3, 0.4) is 0 Å². The first kappa shape index (κ1) is 14.7. The standard InChI is InChI=1S/C15H15F2NOS/c1-9-4-7-13(19-3)14(8-9)20-18-12-6-5-11(16)10(2)15(12)17/h4-8,18H,1-3H3. The molecule has 0 aliphatic rings. The van der Waals surface area contributed by atoms with Gasteiger partial charge >= 0.3 is 0 Å².